The molecule has 1 N–H and O–H groups in total. The summed E-state index contributed by atoms with van der Waals surface area (Å²) in [6.07, 6.45) is 5.51. The summed E-state index contributed by atoms with van der Waals surface area (Å²) in [6, 6.07) is 2.01. The molecule has 0 aliphatic rings. The molecule has 1 aromatic heterocycles. The maximum absolute atomic E-state index is 11.1. The van der Waals surface area contributed by atoms with E-state index in [9.17, 15) is 4.79 Å². The number of aromatic nitrogens is 2. The van der Waals surface area contributed by atoms with Gasteiger partial charge in [-0.3, -0.25) is 9.48 Å². The van der Waals surface area contributed by atoms with Gasteiger partial charge in [-0.25, -0.2) is 0 Å². The molecule has 0 bridgehead atoms. The Hall–Kier alpha value is -1.36. The fourth-order valence-corrected chi connectivity index (χ4v) is 1.70. The number of unbranched alkanes of at least 4 members (excludes halogenated alkanes) is 2. The average molecular weight is 253 g/mol. The molecule has 1 heterocycles. The number of hydrogen-bond donors (Lipinski definition) is 1. The van der Waals surface area contributed by atoms with Crippen LogP contribution in [0.4, 0.5) is 0 Å². The summed E-state index contributed by atoms with van der Waals surface area (Å²) >= 11 is 0. The number of carbonyl (C=O) groups is 1. The Bertz CT molecular complexity index is 350. The fraction of sp³-hybridized carbons (Fsp3) is 0.692. The molecule has 1 rings (SSSR count). The molecule has 102 valence electrons. The third-order valence-electron chi connectivity index (χ3n) is 2.61. The van der Waals surface area contributed by atoms with Gasteiger partial charge in [0.25, 0.3) is 0 Å². The molecule has 0 unspecified atom stereocenters. The molecule has 0 fully saturated rings. The number of nitrogens with one attached hydrogen (secondary N) is 1. The van der Waals surface area contributed by atoms with E-state index in [1.54, 1.807) is 4.68 Å². The Morgan fingerprint density at radius 3 is 2.94 bits per heavy atom. The van der Waals surface area contributed by atoms with E-state index >= 15 is 0 Å². The molecule has 0 saturated heterocycles. The van der Waals surface area contributed by atoms with E-state index < -0.39 is 0 Å². The van der Waals surface area contributed by atoms with Crippen LogP contribution in [0.25, 0.3) is 0 Å². The van der Waals surface area contributed by atoms with E-state index in [0.717, 1.165) is 38.0 Å². The Kier molecular flexibility index (Phi) is 7.10. The second kappa shape index (κ2) is 8.69. The molecular weight excluding hydrogens is 230 g/mol. The zero-order chi connectivity index (χ0) is 13.2. The van der Waals surface area contributed by atoms with Crippen molar-refractivity contribution in [2.45, 2.75) is 39.2 Å². The molecule has 5 nitrogen and oxygen atoms in total. The van der Waals surface area contributed by atoms with Gasteiger partial charge in [0, 0.05) is 26.2 Å². The highest BCUT2D eigenvalue weighted by atomic mass is 16.5. The normalized spacial score (nSPS) is 10.6. The van der Waals surface area contributed by atoms with Gasteiger partial charge < -0.3 is 10.1 Å². The zero-order valence-corrected chi connectivity index (χ0v) is 11.3. The van der Waals surface area contributed by atoms with Crippen LogP contribution < -0.4 is 5.32 Å². The van der Waals surface area contributed by atoms with Crippen molar-refractivity contribution in [1.29, 1.82) is 0 Å². The summed E-state index contributed by atoms with van der Waals surface area (Å²) in [6.45, 7) is 4.07. The van der Waals surface area contributed by atoms with Crippen molar-refractivity contribution in [3.8, 4) is 0 Å². The van der Waals surface area contributed by atoms with Gasteiger partial charge in [0.1, 0.15) is 0 Å². The first kappa shape index (κ1) is 14.7. The van der Waals surface area contributed by atoms with Gasteiger partial charge >= 0.3 is 5.97 Å². The molecule has 0 aliphatic heterocycles. The van der Waals surface area contributed by atoms with E-state index in [1.165, 1.54) is 0 Å². The molecular formula is C13H23N3O2. The molecule has 0 aromatic carbocycles. The minimum atomic E-state index is -0.0843. The lowest BCUT2D eigenvalue weighted by Crippen LogP contribution is -2.15. The fourth-order valence-electron chi connectivity index (χ4n) is 1.70. The number of ether oxygens (including phenoxy) is 1. The molecule has 0 spiro atoms. The number of nitrogens with zero attached hydrogens (tertiary/aromatic N) is 2. The summed E-state index contributed by atoms with van der Waals surface area (Å²) < 4.78 is 6.67. The van der Waals surface area contributed by atoms with Crippen LogP contribution in [0.5, 0.6) is 0 Å². The zero-order valence-electron chi connectivity index (χ0n) is 11.3. The van der Waals surface area contributed by atoms with Crippen molar-refractivity contribution in [2.75, 3.05) is 13.2 Å². The van der Waals surface area contributed by atoms with Crippen LogP contribution in [0.2, 0.25) is 0 Å². The van der Waals surface area contributed by atoms with Crippen LogP contribution in [-0.4, -0.2) is 28.9 Å². The van der Waals surface area contributed by atoms with Crippen LogP contribution in [0.3, 0.4) is 0 Å². The van der Waals surface area contributed by atoms with E-state index in [2.05, 4.69) is 10.4 Å². The Morgan fingerprint density at radius 1 is 1.44 bits per heavy atom. The Morgan fingerprint density at radius 2 is 2.28 bits per heavy atom. The molecule has 18 heavy (non-hydrogen) atoms. The highest BCUT2D eigenvalue weighted by molar-refractivity contribution is 5.69. The van der Waals surface area contributed by atoms with Crippen LogP contribution in [-0.2, 0) is 23.1 Å². The van der Waals surface area contributed by atoms with Gasteiger partial charge in [-0.2, -0.15) is 5.10 Å². The SMILES string of the molecule is CCOC(=O)CCCCCNCc1ccn(C)n1. The Balaban J connectivity index is 1.91. The predicted molar refractivity (Wildman–Crippen MR) is 70.0 cm³/mol. The molecule has 0 saturated carbocycles. The largest absolute Gasteiger partial charge is 0.466 e. The van der Waals surface area contributed by atoms with Gasteiger partial charge in [0.2, 0.25) is 0 Å². The first-order valence-electron chi connectivity index (χ1n) is 6.57. The number of aryl methyl sites for hydroxylation is 1. The molecule has 0 aliphatic carbocycles. The van der Waals surface area contributed by atoms with Crippen molar-refractivity contribution in [1.82, 2.24) is 15.1 Å². The summed E-state index contributed by atoms with van der Waals surface area (Å²) in [4.78, 5) is 11.1. The number of rotatable bonds is 9. The molecule has 0 atom stereocenters. The standard InChI is InChI=1S/C13H23N3O2/c1-3-18-13(17)7-5-4-6-9-14-11-12-8-10-16(2)15-12/h8,10,14H,3-7,9,11H2,1-2H3. The van der Waals surface area contributed by atoms with Gasteiger partial charge in [-0.05, 0) is 32.4 Å². The number of carbonyl (C=O) groups excluding carboxylic acids is 1. The van der Waals surface area contributed by atoms with Crippen molar-refractivity contribution in [2.24, 2.45) is 7.05 Å². The highest BCUT2D eigenvalue weighted by Crippen LogP contribution is 2.01. The third kappa shape index (κ3) is 6.39. The van der Waals surface area contributed by atoms with E-state index in [0.29, 0.717) is 13.0 Å². The molecule has 0 radical (unpaired) electrons. The summed E-state index contributed by atoms with van der Waals surface area (Å²) in [7, 11) is 1.92. The Labute approximate surface area is 109 Å². The lowest BCUT2D eigenvalue weighted by Gasteiger charge is -2.03. The maximum atomic E-state index is 11.1. The quantitative estimate of drug-likeness (QED) is 0.537. The van der Waals surface area contributed by atoms with E-state index in [4.69, 9.17) is 4.74 Å². The van der Waals surface area contributed by atoms with Crippen LogP contribution in [0.1, 0.15) is 38.3 Å². The molecule has 1 aromatic rings. The first-order chi connectivity index (χ1) is 8.72. The minimum Gasteiger partial charge on any atom is -0.466 e. The lowest BCUT2D eigenvalue weighted by atomic mass is 10.2. The van der Waals surface area contributed by atoms with Crippen LogP contribution in [0.15, 0.2) is 12.3 Å². The van der Waals surface area contributed by atoms with Crippen molar-refractivity contribution in [3.05, 3.63) is 18.0 Å². The monoisotopic (exact) mass is 253 g/mol. The molecule has 5 heteroatoms. The lowest BCUT2D eigenvalue weighted by molar-refractivity contribution is -0.143. The van der Waals surface area contributed by atoms with Crippen LogP contribution >= 0.6 is 0 Å². The van der Waals surface area contributed by atoms with Gasteiger partial charge in [0.15, 0.2) is 0 Å². The van der Waals surface area contributed by atoms with Gasteiger partial charge in [-0.1, -0.05) is 6.42 Å². The first-order valence-corrected chi connectivity index (χ1v) is 6.57. The van der Waals surface area contributed by atoms with Gasteiger partial charge in [0.05, 0.1) is 12.3 Å². The number of esters is 1. The second-order valence-electron chi connectivity index (χ2n) is 4.27. The van der Waals surface area contributed by atoms with E-state index in [-0.39, 0.29) is 5.97 Å². The van der Waals surface area contributed by atoms with Crippen molar-refractivity contribution >= 4 is 5.97 Å². The van der Waals surface area contributed by atoms with Crippen molar-refractivity contribution in [3.63, 3.8) is 0 Å². The summed E-state index contributed by atoms with van der Waals surface area (Å²) in [5, 5.41) is 7.62. The van der Waals surface area contributed by atoms with Gasteiger partial charge in [-0.15, -0.1) is 0 Å². The average Bonchev–Trinajstić information content (AvgIpc) is 2.74. The smallest absolute Gasteiger partial charge is 0.305 e. The summed E-state index contributed by atoms with van der Waals surface area (Å²) in [5.74, 6) is -0.0843. The molecule has 0 amide bonds. The van der Waals surface area contributed by atoms with Crippen molar-refractivity contribution < 1.29 is 9.53 Å². The van der Waals surface area contributed by atoms with Crippen LogP contribution in [0, 0.1) is 0 Å². The maximum Gasteiger partial charge on any atom is 0.305 e. The summed E-state index contributed by atoms with van der Waals surface area (Å²) in [5.41, 5.74) is 1.06. The predicted octanol–water partition coefficient (Wildman–Crippen LogP) is 1.63. The second-order valence-corrected chi connectivity index (χ2v) is 4.27. The van der Waals surface area contributed by atoms with E-state index in [1.807, 2.05) is 26.2 Å². The third-order valence-corrected chi connectivity index (χ3v) is 2.61. The minimum absolute atomic E-state index is 0.0843. The number of hydrogen-bond acceptors (Lipinski definition) is 4. The topological polar surface area (TPSA) is 56.1 Å². The highest BCUT2D eigenvalue weighted by Gasteiger charge is 2.00.